The van der Waals surface area contributed by atoms with Gasteiger partial charge in [-0.3, -0.25) is 13.9 Å². The molecular formula is C28H24N8OS. The molecule has 5 aromatic heterocycles. The van der Waals surface area contributed by atoms with E-state index in [-0.39, 0.29) is 23.9 Å². The Balaban J connectivity index is 1.43. The number of carbonyl (C=O) groups is 1. The quantitative estimate of drug-likeness (QED) is 0.265. The van der Waals surface area contributed by atoms with Crippen molar-refractivity contribution in [1.82, 2.24) is 33.8 Å². The summed E-state index contributed by atoms with van der Waals surface area (Å²) in [4.78, 5) is 23.6. The van der Waals surface area contributed by atoms with Gasteiger partial charge in [-0.15, -0.1) is 16.4 Å². The Morgan fingerprint density at radius 1 is 1.18 bits per heavy atom. The van der Waals surface area contributed by atoms with Crippen molar-refractivity contribution in [3.8, 4) is 23.1 Å². The molecule has 0 radical (unpaired) electrons. The van der Waals surface area contributed by atoms with E-state index in [1.165, 1.54) is 15.9 Å². The van der Waals surface area contributed by atoms with Gasteiger partial charge in [0.25, 0.3) is 0 Å². The maximum absolute atomic E-state index is 13.5. The van der Waals surface area contributed by atoms with Crippen LogP contribution in [-0.2, 0) is 7.05 Å². The predicted molar refractivity (Wildman–Crippen MR) is 147 cm³/mol. The highest BCUT2D eigenvalue weighted by Gasteiger charge is 2.26. The molecule has 0 bridgehead atoms. The van der Waals surface area contributed by atoms with Gasteiger partial charge in [0, 0.05) is 42.7 Å². The second-order valence-corrected chi connectivity index (χ2v) is 9.98. The van der Waals surface area contributed by atoms with Crippen LogP contribution in [0.5, 0.6) is 0 Å². The average Bonchev–Trinajstić information content (AvgIpc) is 3.66. The standard InChI is InChI=1S/C28H24N8OS/c1-17(14-22(37)23-26(29)33-35-13-7-12-30-27(23)35)24-25(19-8-5-4-6-9-19)36-21(16-38-28(36)32-24)11-10-20-15-31-34(3)18(20)2/h4-9,12-13,15-17H,14H2,1-3H3,(H2,29,33)/t17-/m1/s1. The minimum absolute atomic E-state index is 0.119. The number of nitrogen functional groups attached to an aromatic ring is 1. The Kier molecular flexibility index (Phi) is 5.77. The van der Waals surface area contributed by atoms with Gasteiger partial charge in [-0.1, -0.05) is 43.2 Å². The summed E-state index contributed by atoms with van der Waals surface area (Å²) in [5, 5.41) is 10.5. The van der Waals surface area contributed by atoms with Crippen LogP contribution in [0, 0.1) is 18.8 Å². The van der Waals surface area contributed by atoms with E-state index in [9.17, 15) is 4.79 Å². The van der Waals surface area contributed by atoms with Crippen LogP contribution < -0.4 is 5.73 Å². The van der Waals surface area contributed by atoms with E-state index in [1.807, 2.05) is 49.2 Å². The SMILES string of the molecule is Cc1c(C#Cc2csc3nc([C@H](C)CC(=O)c4c(N)nn5cccnc45)c(-c4ccccc4)n23)cnn1C. The van der Waals surface area contributed by atoms with E-state index in [0.29, 0.717) is 11.2 Å². The number of hydrogen-bond acceptors (Lipinski definition) is 7. The number of hydrogen-bond donors (Lipinski definition) is 1. The number of aromatic nitrogens is 7. The molecule has 2 N–H and O–H groups in total. The number of rotatable bonds is 5. The number of anilines is 1. The summed E-state index contributed by atoms with van der Waals surface area (Å²) in [6.45, 7) is 4.01. The van der Waals surface area contributed by atoms with Crippen molar-refractivity contribution >= 4 is 33.5 Å². The molecule has 0 saturated carbocycles. The van der Waals surface area contributed by atoms with Gasteiger partial charge in [0.2, 0.25) is 0 Å². The third-order valence-corrected chi connectivity index (χ3v) is 7.48. The molecule has 38 heavy (non-hydrogen) atoms. The van der Waals surface area contributed by atoms with Crippen LogP contribution in [0.15, 0.2) is 60.4 Å². The van der Waals surface area contributed by atoms with Gasteiger partial charge in [-0.2, -0.15) is 5.10 Å². The highest BCUT2D eigenvalue weighted by atomic mass is 32.1. The van der Waals surface area contributed by atoms with Crippen molar-refractivity contribution in [1.29, 1.82) is 0 Å². The maximum Gasteiger partial charge on any atom is 0.195 e. The Morgan fingerprint density at radius 3 is 2.76 bits per heavy atom. The zero-order valence-electron chi connectivity index (χ0n) is 21.1. The molecule has 6 aromatic rings. The van der Waals surface area contributed by atoms with Crippen LogP contribution in [0.4, 0.5) is 5.82 Å². The summed E-state index contributed by atoms with van der Waals surface area (Å²) >= 11 is 1.53. The van der Waals surface area contributed by atoms with Gasteiger partial charge in [-0.25, -0.2) is 14.5 Å². The Bertz CT molecular complexity index is 1880. The monoisotopic (exact) mass is 520 g/mol. The van der Waals surface area contributed by atoms with Gasteiger partial charge in [0.15, 0.2) is 22.2 Å². The predicted octanol–water partition coefficient (Wildman–Crippen LogP) is 4.51. The Hall–Kier alpha value is -4.75. The molecule has 0 aliphatic heterocycles. The van der Waals surface area contributed by atoms with Crippen LogP contribution in [0.2, 0.25) is 0 Å². The lowest BCUT2D eigenvalue weighted by Crippen LogP contribution is -2.09. The topological polar surface area (TPSA) is 108 Å². The second-order valence-electron chi connectivity index (χ2n) is 9.14. The highest BCUT2D eigenvalue weighted by Crippen LogP contribution is 2.35. The molecular weight excluding hydrogens is 496 g/mol. The van der Waals surface area contributed by atoms with Gasteiger partial charge in [0.05, 0.1) is 28.8 Å². The first kappa shape index (κ1) is 23.6. The zero-order valence-corrected chi connectivity index (χ0v) is 21.9. The van der Waals surface area contributed by atoms with Crippen molar-refractivity contribution in [2.75, 3.05) is 5.73 Å². The fourth-order valence-electron chi connectivity index (χ4n) is 4.58. The molecule has 9 nitrogen and oxygen atoms in total. The molecule has 0 spiro atoms. The van der Waals surface area contributed by atoms with Gasteiger partial charge >= 0.3 is 0 Å². The van der Waals surface area contributed by atoms with Crippen LogP contribution >= 0.6 is 11.3 Å². The normalized spacial score (nSPS) is 12.1. The number of carbonyl (C=O) groups excluding carboxylic acids is 1. The minimum atomic E-state index is -0.191. The molecule has 0 amide bonds. The average molecular weight is 521 g/mol. The Morgan fingerprint density at radius 2 is 2.00 bits per heavy atom. The van der Waals surface area contributed by atoms with Gasteiger partial charge in [-0.05, 0) is 18.9 Å². The number of nitrogens with two attached hydrogens (primary N) is 1. The number of nitrogens with zero attached hydrogens (tertiary/aromatic N) is 7. The molecule has 1 atom stereocenters. The first-order valence-electron chi connectivity index (χ1n) is 12.1. The number of ketones is 1. The van der Waals surface area contributed by atoms with Crippen molar-refractivity contribution in [2.24, 2.45) is 7.05 Å². The lowest BCUT2D eigenvalue weighted by Gasteiger charge is -2.12. The summed E-state index contributed by atoms with van der Waals surface area (Å²) < 4.78 is 5.42. The molecule has 0 unspecified atom stereocenters. The van der Waals surface area contributed by atoms with E-state index >= 15 is 0 Å². The minimum Gasteiger partial charge on any atom is -0.382 e. The van der Waals surface area contributed by atoms with Crippen LogP contribution in [0.1, 0.15) is 52.3 Å². The molecule has 5 heterocycles. The third kappa shape index (κ3) is 3.93. The zero-order chi connectivity index (χ0) is 26.4. The van der Waals surface area contributed by atoms with Crippen molar-refractivity contribution in [3.63, 3.8) is 0 Å². The van der Waals surface area contributed by atoms with Gasteiger partial charge in [0.1, 0.15) is 11.3 Å². The molecule has 0 fully saturated rings. The van der Waals surface area contributed by atoms with E-state index in [4.69, 9.17) is 10.7 Å². The summed E-state index contributed by atoms with van der Waals surface area (Å²) in [7, 11) is 1.90. The molecule has 0 saturated heterocycles. The Labute approximate surface area is 222 Å². The lowest BCUT2D eigenvalue weighted by molar-refractivity contribution is 0.0977. The van der Waals surface area contributed by atoms with Crippen molar-refractivity contribution in [3.05, 3.63) is 88.6 Å². The maximum atomic E-state index is 13.5. The van der Waals surface area contributed by atoms with E-state index < -0.39 is 0 Å². The molecule has 0 aliphatic carbocycles. The lowest BCUT2D eigenvalue weighted by atomic mass is 9.94. The van der Waals surface area contributed by atoms with Crippen LogP contribution in [0.25, 0.3) is 21.9 Å². The van der Waals surface area contributed by atoms with Gasteiger partial charge < -0.3 is 5.73 Å². The van der Waals surface area contributed by atoms with Crippen molar-refractivity contribution in [2.45, 2.75) is 26.2 Å². The summed E-state index contributed by atoms with van der Waals surface area (Å²) in [6, 6.07) is 11.8. The smallest absolute Gasteiger partial charge is 0.195 e. The van der Waals surface area contributed by atoms with Crippen LogP contribution in [0.3, 0.4) is 0 Å². The highest BCUT2D eigenvalue weighted by molar-refractivity contribution is 7.15. The molecule has 0 aliphatic rings. The third-order valence-electron chi connectivity index (χ3n) is 6.66. The number of Topliss-reactive ketones (excluding diaryl/α,β-unsaturated/α-hetero) is 1. The van der Waals surface area contributed by atoms with E-state index in [0.717, 1.165) is 38.9 Å². The van der Waals surface area contributed by atoms with E-state index in [2.05, 4.69) is 43.6 Å². The molecule has 188 valence electrons. The fourth-order valence-corrected chi connectivity index (χ4v) is 5.41. The summed E-state index contributed by atoms with van der Waals surface area (Å²) in [5.41, 5.74) is 12.4. The summed E-state index contributed by atoms with van der Waals surface area (Å²) in [5.74, 6) is 6.45. The first-order chi connectivity index (χ1) is 18.4. The second kappa shape index (κ2) is 9.28. The number of fused-ring (bicyclic) bond motifs is 2. The molecule has 1 aromatic carbocycles. The molecule has 6 rings (SSSR count). The number of aryl methyl sites for hydroxylation is 1. The summed E-state index contributed by atoms with van der Waals surface area (Å²) in [6.07, 6.45) is 5.34. The van der Waals surface area contributed by atoms with Crippen LogP contribution in [-0.4, -0.2) is 39.5 Å². The number of thiazole rings is 1. The van der Waals surface area contributed by atoms with E-state index in [1.54, 1.807) is 24.7 Å². The fraction of sp³-hybridized carbons (Fsp3) is 0.179. The number of imidazole rings is 1. The first-order valence-corrected chi connectivity index (χ1v) is 13.0. The largest absolute Gasteiger partial charge is 0.382 e. The molecule has 10 heteroatoms. The number of benzene rings is 1. The van der Waals surface area contributed by atoms with Crippen molar-refractivity contribution < 1.29 is 4.79 Å².